The van der Waals surface area contributed by atoms with Crippen molar-refractivity contribution in [2.75, 3.05) is 12.4 Å². The highest BCUT2D eigenvalue weighted by molar-refractivity contribution is 14.1. The molecule has 1 nitrogen and oxygen atoms in total. The van der Waals surface area contributed by atoms with Crippen molar-refractivity contribution in [3.63, 3.8) is 0 Å². The zero-order chi connectivity index (χ0) is 5.98. The maximum atomic E-state index is 5.46. The second kappa shape index (κ2) is 3.03. The van der Waals surface area contributed by atoms with Crippen LogP contribution in [0.2, 0.25) is 0 Å². The lowest BCUT2D eigenvalue weighted by Gasteiger charge is -1.87. The van der Waals surface area contributed by atoms with Crippen molar-refractivity contribution in [1.82, 2.24) is 5.32 Å². The lowest BCUT2D eigenvalue weighted by molar-refractivity contribution is 1.19. The third-order valence-corrected chi connectivity index (χ3v) is 2.36. The number of halogens is 2. The summed E-state index contributed by atoms with van der Waals surface area (Å²) in [6.07, 6.45) is 2.03. The molecule has 0 aromatic heterocycles. The van der Waals surface area contributed by atoms with Crippen molar-refractivity contribution >= 4 is 34.2 Å². The van der Waals surface area contributed by atoms with Crippen LogP contribution in [-0.4, -0.2) is 18.5 Å². The molecule has 1 atom stereocenters. The molecule has 0 saturated carbocycles. The van der Waals surface area contributed by atoms with E-state index in [1.165, 1.54) is 3.58 Å². The molecule has 0 radical (unpaired) electrons. The van der Waals surface area contributed by atoms with Gasteiger partial charge in [-0.05, 0) is 22.6 Å². The summed E-state index contributed by atoms with van der Waals surface area (Å²) in [5.74, 6) is 0.635. The number of allylic oxidation sites excluding steroid dienone is 1. The lowest BCUT2D eigenvalue weighted by atomic mass is 10.4. The molecule has 1 heterocycles. The quantitative estimate of drug-likeness (QED) is 0.443. The Morgan fingerprint density at radius 1 is 2.00 bits per heavy atom. The summed E-state index contributed by atoms with van der Waals surface area (Å²) in [5.41, 5.74) is 0. The summed E-state index contributed by atoms with van der Waals surface area (Å²) in [6, 6.07) is 0.634. The molecule has 46 valence electrons. The summed E-state index contributed by atoms with van der Waals surface area (Å²) in [5, 5.41) is 3.18. The number of rotatable bonds is 2. The van der Waals surface area contributed by atoms with Gasteiger partial charge in [0.05, 0.1) is 6.04 Å². The highest BCUT2D eigenvalue weighted by Crippen LogP contribution is 2.17. The van der Waals surface area contributed by atoms with Gasteiger partial charge in [-0.3, -0.25) is 0 Å². The summed E-state index contributed by atoms with van der Waals surface area (Å²) in [7, 11) is 0. The van der Waals surface area contributed by atoms with Crippen LogP contribution in [0.15, 0.2) is 9.66 Å². The molecule has 8 heavy (non-hydrogen) atoms. The van der Waals surface area contributed by atoms with Gasteiger partial charge < -0.3 is 5.32 Å². The van der Waals surface area contributed by atoms with Gasteiger partial charge in [-0.25, -0.2) is 0 Å². The van der Waals surface area contributed by atoms with Crippen LogP contribution in [0.3, 0.4) is 0 Å². The van der Waals surface area contributed by atoms with Crippen LogP contribution in [0, 0.1) is 0 Å². The van der Waals surface area contributed by atoms with Gasteiger partial charge in [0.25, 0.3) is 0 Å². The smallest absolute Gasteiger partial charge is 0.0503 e. The Balaban J connectivity index is 2.31. The third kappa shape index (κ3) is 1.91. The van der Waals surface area contributed by atoms with E-state index < -0.39 is 0 Å². The Hall–Kier alpha value is 0.720. The molecule has 0 aromatic carbocycles. The molecule has 0 spiro atoms. The molecular formula is C5H7ClIN. The minimum Gasteiger partial charge on any atom is -0.307 e. The third-order valence-electron chi connectivity index (χ3n) is 1.01. The Bertz CT molecular complexity index is 109. The maximum absolute atomic E-state index is 5.46. The van der Waals surface area contributed by atoms with Crippen molar-refractivity contribution in [3.8, 4) is 0 Å². The van der Waals surface area contributed by atoms with E-state index in [0.717, 1.165) is 6.54 Å². The highest BCUT2D eigenvalue weighted by atomic mass is 127. The second-order valence-electron chi connectivity index (χ2n) is 1.70. The Labute approximate surface area is 67.6 Å². The van der Waals surface area contributed by atoms with E-state index in [-0.39, 0.29) is 0 Å². The summed E-state index contributed by atoms with van der Waals surface area (Å²) >= 11 is 7.77. The zero-order valence-corrected chi connectivity index (χ0v) is 7.24. The van der Waals surface area contributed by atoms with Crippen molar-refractivity contribution < 1.29 is 0 Å². The molecule has 1 rings (SSSR count). The summed E-state index contributed by atoms with van der Waals surface area (Å²) < 4.78 is 1.35. The summed E-state index contributed by atoms with van der Waals surface area (Å²) in [6.45, 7) is 1.13. The molecular weight excluding hydrogens is 236 g/mol. The molecule has 1 unspecified atom stereocenters. The molecule has 1 saturated heterocycles. The zero-order valence-electron chi connectivity index (χ0n) is 4.32. The standard InChI is InChI=1S/C5H7ClIN/c6-2-1-4(7)5-3-8-5/h1,5,8H,2-3H2/b4-1+. The van der Waals surface area contributed by atoms with Gasteiger partial charge in [0.2, 0.25) is 0 Å². The van der Waals surface area contributed by atoms with Crippen LogP contribution in [0.4, 0.5) is 0 Å². The normalized spacial score (nSPS) is 28.2. The monoisotopic (exact) mass is 243 g/mol. The van der Waals surface area contributed by atoms with E-state index in [9.17, 15) is 0 Å². The first-order chi connectivity index (χ1) is 3.84. The second-order valence-corrected chi connectivity index (χ2v) is 3.26. The van der Waals surface area contributed by atoms with Gasteiger partial charge in [-0.2, -0.15) is 0 Å². The van der Waals surface area contributed by atoms with Crippen LogP contribution in [-0.2, 0) is 0 Å². The first-order valence-electron chi connectivity index (χ1n) is 2.49. The van der Waals surface area contributed by atoms with Crippen LogP contribution in [0.5, 0.6) is 0 Å². The minimum atomic E-state index is 0.634. The Morgan fingerprint density at radius 3 is 3.00 bits per heavy atom. The fraction of sp³-hybridized carbons (Fsp3) is 0.600. The lowest BCUT2D eigenvalue weighted by Crippen LogP contribution is -1.87. The van der Waals surface area contributed by atoms with Crippen molar-refractivity contribution in [2.24, 2.45) is 0 Å². The van der Waals surface area contributed by atoms with E-state index in [2.05, 4.69) is 27.9 Å². The van der Waals surface area contributed by atoms with E-state index >= 15 is 0 Å². The van der Waals surface area contributed by atoms with Crippen LogP contribution >= 0.6 is 34.2 Å². The Kier molecular flexibility index (Phi) is 2.59. The van der Waals surface area contributed by atoms with E-state index in [1.54, 1.807) is 0 Å². The molecule has 0 aromatic rings. The SMILES string of the molecule is ClC/C=C(/I)C1CN1. The predicted octanol–water partition coefficient (Wildman–Crippen LogP) is 1.52. The van der Waals surface area contributed by atoms with Gasteiger partial charge in [-0.15, -0.1) is 11.6 Å². The van der Waals surface area contributed by atoms with Gasteiger partial charge in [0.15, 0.2) is 0 Å². The minimum absolute atomic E-state index is 0.634. The van der Waals surface area contributed by atoms with Gasteiger partial charge in [-0.1, -0.05) is 6.08 Å². The van der Waals surface area contributed by atoms with E-state index in [0.29, 0.717) is 11.9 Å². The number of nitrogens with one attached hydrogen (secondary N) is 1. The van der Waals surface area contributed by atoms with E-state index in [4.69, 9.17) is 11.6 Å². The molecule has 0 aliphatic carbocycles. The average molecular weight is 243 g/mol. The van der Waals surface area contributed by atoms with Crippen molar-refractivity contribution in [2.45, 2.75) is 6.04 Å². The molecule has 0 bridgehead atoms. The molecule has 1 aliphatic heterocycles. The molecule has 3 heteroatoms. The topological polar surface area (TPSA) is 21.9 Å². The van der Waals surface area contributed by atoms with Gasteiger partial charge in [0.1, 0.15) is 0 Å². The molecule has 1 N–H and O–H groups in total. The number of hydrogen-bond acceptors (Lipinski definition) is 1. The maximum Gasteiger partial charge on any atom is 0.0503 e. The Morgan fingerprint density at radius 2 is 2.62 bits per heavy atom. The van der Waals surface area contributed by atoms with Crippen LogP contribution < -0.4 is 5.32 Å². The van der Waals surface area contributed by atoms with Gasteiger partial charge in [0, 0.05) is 16.0 Å². The van der Waals surface area contributed by atoms with Crippen LogP contribution in [0.25, 0.3) is 0 Å². The van der Waals surface area contributed by atoms with Gasteiger partial charge >= 0.3 is 0 Å². The largest absolute Gasteiger partial charge is 0.307 e. The fourth-order valence-electron chi connectivity index (χ4n) is 0.470. The average Bonchev–Trinajstić information content (AvgIpc) is 2.45. The molecule has 1 fully saturated rings. The van der Waals surface area contributed by atoms with Crippen LogP contribution in [0.1, 0.15) is 0 Å². The molecule has 1 aliphatic rings. The predicted molar refractivity (Wildman–Crippen MR) is 44.6 cm³/mol. The van der Waals surface area contributed by atoms with Crippen molar-refractivity contribution in [1.29, 1.82) is 0 Å². The first kappa shape index (κ1) is 6.83. The highest BCUT2D eigenvalue weighted by Gasteiger charge is 2.21. The molecule has 0 amide bonds. The van der Waals surface area contributed by atoms with Crippen molar-refractivity contribution in [3.05, 3.63) is 9.66 Å². The first-order valence-corrected chi connectivity index (χ1v) is 4.11. The number of hydrogen-bond donors (Lipinski definition) is 1. The summed E-state index contributed by atoms with van der Waals surface area (Å²) in [4.78, 5) is 0. The number of alkyl halides is 1. The fourth-order valence-corrected chi connectivity index (χ4v) is 1.56. The van der Waals surface area contributed by atoms with E-state index in [1.807, 2.05) is 6.08 Å².